The summed E-state index contributed by atoms with van der Waals surface area (Å²) in [4.78, 5) is 24.0. The molecule has 0 unspecified atom stereocenters. The Hall–Kier alpha value is -3.09. The molecule has 2 heterocycles. The standard InChI is InChI=1S/C18H17N3O4/c1-24-14-4-2-3-10-8-15(25-17(10)14)18(23)19-12-5-6-13-11(7-12)9-16(22)21-20-13/h2-4,8-9,12H,5-7H2,1H3,(H,19,23)(H,21,22)/t12-/m1/s1. The van der Waals surface area contributed by atoms with Crippen LogP contribution in [0.2, 0.25) is 0 Å². The van der Waals surface area contributed by atoms with Gasteiger partial charge in [-0.3, -0.25) is 9.59 Å². The van der Waals surface area contributed by atoms with E-state index < -0.39 is 0 Å². The highest BCUT2D eigenvalue weighted by Crippen LogP contribution is 2.28. The summed E-state index contributed by atoms with van der Waals surface area (Å²) in [6.07, 6.45) is 2.06. The number of nitrogens with zero attached hydrogens (tertiary/aromatic N) is 1. The molecule has 0 spiro atoms. The van der Waals surface area contributed by atoms with Gasteiger partial charge in [0.05, 0.1) is 12.8 Å². The lowest BCUT2D eigenvalue weighted by molar-refractivity contribution is 0.0907. The minimum Gasteiger partial charge on any atom is -0.493 e. The van der Waals surface area contributed by atoms with Crippen LogP contribution in [0.15, 0.2) is 39.5 Å². The van der Waals surface area contributed by atoms with Gasteiger partial charge in [0.25, 0.3) is 11.5 Å². The molecule has 25 heavy (non-hydrogen) atoms. The molecule has 1 aromatic carbocycles. The lowest BCUT2D eigenvalue weighted by Gasteiger charge is -2.23. The van der Waals surface area contributed by atoms with Crippen molar-refractivity contribution in [1.82, 2.24) is 15.5 Å². The maximum atomic E-state index is 12.5. The van der Waals surface area contributed by atoms with E-state index in [9.17, 15) is 9.59 Å². The van der Waals surface area contributed by atoms with Crippen LogP contribution in [0.5, 0.6) is 5.75 Å². The first-order valence-corrected chi connectivity index (χ1v) is 8.09. The van der Waals surface area contributed by atoms with Crippen molar-refractivity contribution in [2.24, 2.45) is 0 Å². The van der Waals surface area contributed by atoms with Crippen LogP contribution >= 0.6 is 0 Å². The van der Waals surface area contributed by atoms with Gasteiger partial charge in [-0.1, -0.05) is 12.1 Å². The smallest absolute Gasteiger partial charge is 0.287 e. The molecule has 1 atom stereocenters. The van der Waals surface area contributed by atoms with Gasteiger partial charge in [-0.05, 0) is 37.0 Å². The van der Waals surface area contributed by atoms with Gasteiger partial charge < -0.3 is 14.5 Å². The van der Waals surface area contributed by atoms with Gasteiger partial charge in [-0.25, -0.2) is 5.10 Å². The number of nitrogens with one attached hydrogen (secondary N) is 2. The number of aromatic nitrogens is 2. The number of amides is 1. The predicted octanol–water partition coefficient (Wildman–Crippen LogP) is 1.81. The average molecular weight is 339 g/mol. The lowest BCUT2D eigenvalue weighted by Crippen LogP contribution is -2.39. The third kappa shape index (κ3) is 2.88. The number of ether oxygens (including phenoxy) is 1. The number of methoxy groups -OCH3 is 1. The van der Waals surface area contributed by atoms with Gasteiger partial charge in [0.15, 0.2) is 17.1 Å². The number of carbonyl (C=O) groups excluding carboxylic acids is 1. The Labute approximate surface area is 143 Å². The summed E-state index contributed by atoms with van der Waals surface area (Å²) >= 11 is 0. The zero-order chi connectivity index (χ0) is 17.4. The Morgan fingerprint density at radius 1 is 1.40 bits per heavy atom. The Balaban J connectivity index is 1.54. The fourth-order valence-corrected chi connectivity index (χ4v) is 3.23. The third-order valence-electron chi connectivity index (χ3n) is 4.46. The number of hydrogen-bond acceptors (Lipinski definition) is 5. The highest BCUT2D eigenvalue weighted by molar-refractivity contribution is 5.97. The molecule has 4 rings (SSSR count). The molecule has 1 aliphatic rings. The molecule has 7 heteroatoms. The number of aromatic amines is 1. The second-order valence-corrected chi connectivity index (χ2v) is 6.11. The quantitative estimate of drug-likeness (QED) is 0.758. The van der Waals surface area contributed by atoms with Crippen LogP contribution in [0.4, 0.5) is 0 Å². The molecule has 0 radical (unpaired) electrons. The largest absolute Gasteiger partial charge is 0.493 e. The number of rotatable bonds is 3. The molecule has 2 aromatic heterocycles. The summed E-state index contributed by atoms with van der Waals surface area (Å²) in [6, 6.07) is 8.70. The van der Waals surface area contributed by atoms with Crippen LogP contribution < -0.4 is 15.6 Å². The van der Waals surface area contributed by atoms with Crippen molar-refractivity contribution in [3.8, 4) is 5.75 Å². The topological polar surface area (TPSA) is 97.2 Å². The van der Waals surface area contributed by atoms with Gasteiger partial charge in [-0.2, -0.15) is 5.10 Å². The molecular formula is C18H17N3O4. The summed E-state index contributed by atoms with van der Waals surface area (Å²) in [5.41, 5.74) is 2.10. The van der Waals surface area contributed by atoms with E-state index in [-0.39, 0.29) is 23.3 Å². The molecule has 0 saturated carbocycles. The molecule has 0 aliphatic heterocycles. The van der Waals surface area contributed by atoms with Crippen LogP contribution in [-0.4, -0.2) is 29.3 Å². The maximum Gasteiger partial charge on any atom is 0.287 e. The van der Waals surface area contributed by atoms with Crippen molar-refractivity contribution >= 4 is 16.9 Å². The molecule has 1 amide bonds. The first-order chi connectivity index (χ1) is 12.1. The van der Waals surface area contributed by atoms with E-state index >= 15 is 0 Å². The third-order valence-corrected chi connectivity index (χ3v) is 4.46. The summed E-state index contributed by atoms with van der Waals surface area (Å²) in [5.74, 6) is 0.562. The minimum atomic E-state index is -0.274. The first-order valence-electron chi connectivity index (χ1n) is 8.09. The zero-order valence-electron chi connectivity index (χ0n) is 13.7. The van der Waals surface area contributed by atoms with E-state index in [1.54, 1.807) is 25.3 Å². The van der Waals surface area contributed by atoms with E-state index in [1.165, 1.54) is 0 Å². The summed E-state index contributed by atoms with van der Waals surface area (Å²) in [6.45, 7) is 0. The summed E-state index contributed by atoms with van der Waals surface area (Å²) in [5, 5.41) is 10.3. The highest BCUT2D eigenvalue weighted by Gasteiger charge is 2.23. The number of H-pyrrole nitrogens is 1. The van der Waals surface area contributed by atoms with Crippen molar-refractivity contribution in [3.63, 3.8) is 0 Å². The second kappa shape index (κ2) is 6.08. The number of benzene rings is 1. The number of para-hydroxylation sites is 1. The molecule has 128 valence electrons. The maximum absolute atomic E-state index is 12.5. The zero-order valence-corrected chi connectivity index (χ0v) is 13.7. The molecule has 0 fully saturated rings. The van der Waals surface area contributed by atoms with E-state index in [2.05, 4.69) is 15.5 Å². The molecule has 0 bridgehead atoms. The summed E-state index contributed by atoms with van der Waals surface area (Å²) in [7, 11) is 1.56. The predicted molar refractivity (Wildman–Crippen MR) is 90.9 cm³/mol. The molecular weight excluding hydrogens is 322 g/mol. The minimum absolute atomic E-state index is 0.0568. The van der Waals surface area contributed by atoms with Gasteiger partial charge in [0.2, 0.25) is 0 Å². The van der Waals surface area contributed by atoms with Crippen LogP contribution in [-0.2, 0) is 12.8 Å². The molecule has 3 aromatic rings. The normalized spacial score (nSPS) is 16.4. The fraction of sp³-hybridized carbons (Fsp3) is 0.278. The van der Waals surface area contributed by atoms with E-state index in [1.807, 2.05) is 12.1 Å². The van der Waals surface area contributed by atoms with Crippen LogP contribution in [0.1, 0.15) is 28.2 Å². The lowest BCUT2D eigenvalue weighted by atomic mass is 9.92. The van der Waals surface area contributed by atoms with E-state index in [0.29, 0.717) is 24.2 Å². The van der Waals surface area contributed by atoms with Crippen LogP contribution in [0.3, 0.4) is 0 Å². The Kier molecular flexibility index (Phi) is 3.76. The SMILES string of the molecule is COc1cccc2cc(C(=O)N[C@@H]3CCc4n[nH]c(=O)cc4C3)oc12. The van der Waals surface area contributed by atoms with Crippen molar-refractivity contribution < 1.29 is 13.9 Å². The second-order valence-electron chi connectivity index (χ2n) is 6.11. The Morgan fingerprint density at radius 3 is 3.12 bits per heavy atom. The van der Waals surface area contributed by atoms with Gasteiger partial charge in [0, 0.05) is 17.5 Å². The Bertz CT molecular complexity index is 1000. The van der Waals surface area contributed by atoms with E-state index in [0.717, 1.165) is 23.1 Å². The van der Waals surface area contributed by atoms with Crippen molar-refractivity contribution in [1.29, 1.82) is 0 Å². The first kappa shape index (κ1) is 15.4. The Morgan fingerprint density at radius 2 is 2.28 bits per heavy atom. The van der Waals surface area contributed by atoms with Crippen molar-refractivity contribution in [3.05, 3.63) is 57.7 Å². The molecule has 0 saturated heterocycles. The highest BCUT2D eigenvalue weighted by atomic mass is 16.5. The fourth-order valence-electron chi connectivity index (χ4n) is 3.23. The van der Waals surface area contributed by atoms with E-state index in [4.69, 9.17) is 9.15 Å². The molecule has 2 N–H and O–H groups in total. The van der Waals surface area contributed by atoms with Crippen molar-refractivity contribution in [2.45, 2.75) is 25.3 Å². The summed E-state index contributed by atoms with van der Waals surface area (Å²) < 4.78 is 10.9. The van der Waals surface area contributed by atoms with Crippen LogP contribution in [0, 0.1) is 0 Å². The number of aryl methyl sites for hydroxylation is 1. The monoisotopic (exact) mass is 339 g/mol. The number of hydrogen-bond donors (Lipinski definition) is 2. The van der Waals surface area contributed by atoms with Crippen LogP contribution in [0.25, 0.3) is 11.0 Å². The average Bonchev–Trinajstić information content (AvgIpc) is 3.05. The number of furan rings is 1. The molecule has 7 nitrogen and oxygen atoms in total. The van der Waals surface area contributed by atoms with Gasteiger partial charge >= 0.3 is 0 Å². The van der Waals surface area contributed by atoms with Crippen molar-refractivity contribution in [2.75, 3.05) is 7.11 Å². The van der Waals surface area contributed by atoms with Gasteiger partial charge in [-0.15, -0.1) is 0 Å². The number of carbonyl (C=O) groups is 1. The number of fused-ring (bicyclic) bond motifs is 2. The van der Waals surface area contributed by atoms with Gasteiger partial charge in [0.1, 0.15) is 0 Å². The molecule has 1 aliphatic carbocycles.